The van der Waals surface area contributed by atoms with Crippen LogP contribution in [-0.4, -0.2) is 14.9 Å². The van der Waals surface area contributed by atoms with Crippen LogP contribution in [-0.2, 0) is 0 Å². The van der Waals surface area contributed by atoms with Gasteiger partial charge in [0, 0.05) is 0 Å². The molecule has 1 N–H and O–H groups in total. The van der Waals surface area contributed by atoms with E-state index in [0.717, 1.165) is 11.8 Å². The summed E-state index contributed by atoms with van der Waals surface area (Å²) in [7, 11) is 0. The van der Waals surface area contributed by atoms with Crippen LogP contribution in [0, 0.1) is 17.0 Å². The van der Waals surface area contributed by atoms with Crippen LogP contribution in [0.25, 0.3) is 0 Å². The molecule has 0 bridgehead atoms. The maximum atomic E-state index is 10.9. The Balaban J connectivity index is 2.49. The van der Waals surface area contributed by atoms with E-state index >= 15 is 0 Å². The van der Waals surface area contributed by atoms with E-state index in [-0.39, 0.29) is 16.8 Å². The second-order valence-corrected chi connectivity index (χ2v) is 4.43. The average Bonchev–Trinajstić information content (AvgIpc) is 2.33. The molecule has 0 unspecified atom stereocenters. The summed E-state index contributed by atoms with van der Waals surface area (Å²) in [4.78, 5) is 17.7. The number of hydrogen-bond acceptors (Lipinski definition) is 5. The van der Waals surface area contributed by atoms with Gasteiger partial charge in [-0.25, -0.2) is 4.98 Å². The molecule has 0 atom stereocenters. The molecule has 2 rings (SSSR count). The quantitative estimate of drug-likeness (QED) is 0.530. The van der Waals surface area contributed by atoms with Crippen LogP contribution in [0.2, 0.25) is 10.3 Å². The molecule has 0 aliphatic carbocycles. The number of aryl methyl sites for hydroxylation is 1. The smallest absolute Gasteiger partial charge is 0.329 e. The number of aromatic nitrogens is 2. The summed E-state index contributed by atoms with van der Waals surface area (Å²) in [5.74, 6) is 0.00111. The highest BCUT2D eigenvalue weighted by atomic mass is 35.5. The molecule has 19 heavy (non-hydrogen) atoms. The lowest BCUT2D eigenvalue weighted by Gasteiger charge is -2.10. The predicted octanol–water partition coefficient (Wildman–Crippen LogP) is 3.74. The first kappa shape index (κ1) is 13.5. The molecule has 98 valence electrons. The van der Waals surface area contributed by atoms with Gasteiger partial charge in [0.15, 0.2) is 0 Å². The van der Waals surface area contributed by atoms with Crippen LogP contribution >= 0.6 is 23.2 Å². The van der Waals surface area contributed by atoms with Gasteiger partial charge in [-0.05, 0) is 30.2 Å². The molecule has 0 saturated carbocycles. The molecule has 1 heterocycles. The molecular weight excluding hydrogens is 291 g/mol. The lowest BCUT2D eigenvalue weighted by Crippen LogP contribution is -2.02. The molecule has 0 fully saturated rings. The lowest BCUT2D eigenvalue weighted by molar-refractivity contribution is -0.384. The van der Waals surface area contributed by atoms with E-state index in [0.29, 0.717) is 10.7 Å². The Morgan fingerprint density at radius 2 is 2.11 bits per heavy atom. The number of anilines is 2. The number of nitrogens with one attached hydrogen (secondary N) is 1. The number of nitro groups is 1. The normalized spacial score (nSPS) is 10.3. The maximum Gasteiger partial charge on any atom is 0.329 e. The third kappa shape index (κ3) is 2.91. The van der Waals surface area contributed by atoms with E-state index in [1.54, 1.807) is 12.1 Å². The van der Waals surface area contributed by atoms with Gasteiger partial charge in [-0.2, -0.15) is 4.98 Å². The summed E-state index contributed by atoms with van der Waals surface area (Å²) in [6, 6.07) is 5.28. The van der Waals surface area contributed by atoms with Gasteiger partial charge in [0.1, 0.15) is 6.20 Å². The first-order valence-corrected chi connectivity index (χ1v) is 5.93. The fourth-order valence-corrected chi connectivity index (χ4v) is 1.89. The van der Waals surface area contributed by atoms with E-state index in [4.69, 9.17) is 23.2 Å². The maximum absolute atomic E-state index is 10.9. The molecule has 0 saturated heterocycles. The second-order valence-electron chi connectivity index (χ2n) is 3.69. The van der Waals surface area contributed by atoms with Crippen molar-refractivity contribution in [3.8, 4) is 0 Å². The Kier molecular flexibility index (Phi) is 3.82. The largest absolute Gasteiger partial charge is 0.333 e. The number of rotatable bonds is 3. The minimum atomic E-state index is -0.592. The van der Waals surface area contributed by atoms with Gasteiger partial charge in [-0.3, -0.25) is 10.1 Å². The number of benzene rings is 1. The zero-order chi connectivity index (χ0) is 14.0. The summed E-state index contributed by atoms with van der Waals surface area (Å²) < 4.78 is 0. The second kappa shape index (κ2) is 5.38. The molecule has 6 nitrogen and oxygen atoms in total. The molecule has 0 radical (unpaired) electrons. The van der Waals surface area contributed by atoms with Crippen molar-refractivity contribution in [2.24, 2.45) is 0 Å². The standard InChI is InChI=1S/C11H8Cl2N4O2/c1-6-3-2-4-7(12)9(6)15-10-8(17(18)19)5-14-11(13)16-10/h2-5H,1H3,(H,14,15,16). The Hall–Kier alpha value is -1.92. The van der Waals surface area contributed by atoms with E-state index < -0.39 is 4.92 Å². The van der Waals surface area contributed by atoms with Crippen LogP contribution in [0.4, 0.5) is 17.2 Å². The first-order valence-electron chi connectivity index (χ1n) is 5.18. The third-order valence-corrected chi connectivity index (χ3v) is 2.90. The van der Waals surface area contributed by atoms with E-state index in [1.807, 2.05) is 13.0 Å². The summed E-state index contributed by atoms with van der Waals surface area (Å²) in [6.45, 7) is 1.82. The van der Waals surface area contributed by atoms with E-state index in [2.05, 4.69) is 15.3 Å². The highest BCUT2D eigenvalue weighted by Gasteiger charge is 2.18. The van der Waals surface area contributed by atoms with Crippen LogP contribution < -0.4 is 5.32 Å². The Morgan fingerprint density at radius 3 is 2.74 bits per heavy atom. The van der Waals surface area contributed by atoms with Crippen molar-refractivity contribution in [2.75, 3.05) is 5.32 Å². The van der Waals surface area contributed by atoms with Gasteiger partial charge in [-0.1, -0.05) is 23.7 Å². The van der Waals surface area contributed by atoms with E-state index in [1.165, 1.54) is 0 Å². The van der Waals surface area contributed by atoms with Crippen molar-refractivity contribution in [2.45, 2.75) is 6.92 Å². The molecular formula is C11H8Cl2N4O2. The average molecular weight is 299 g/mol. The number of nitrogens with zero attached hydrogens (tertiary/aromatic N) is 3. The van der Waals surface area contributed by atoms with Gasteiger partial charge in [0.2, 0.25) is 11.1 Å². The van der Waals surface area contributed by atoms with Crippen LogP contribution in [0.5, 0.6) is 0 Å². The monoisotopic (exact) mass is 298 g/mol. The first-order chi connectivity index (χ1) is 8.99. The molecule has 0 amide bonds. The van der Waals surface area contributed by atoms with Gasteiger partial charge in [0.25, 0.3) is 0 Å². The fraction of sp³-hybridized carbons (Fsp3) is 0.0909. The van der Waals surface area contributed by atoms with Crippen molar-refractivity contribution in [1.82, 2.24) is 9.97 Å². The van der Waals surface area contributed by atoms with Crippen LogP contribution in [0.15, 0.2) is 24.4 Å². The summed E-state index contributed by atoms with van der Waals surface area (Å²) >= 11 is 11.7. The highest BCUT2D eigenvalue weighted by Crippen LogP contribution is 2.31. The van der Waals surface area contributed by atoms with E-state index in [9.17, 15) is 10.1 Å². The zero-order valence-electron chi connectivity index (χ0n) is 9.72. The minimum Gasteiger partial charge on any atom is -0.333 e. The van der Waals surface area contributed by atoms with Crippen molar-refractivity contribution in [1.29, 1.82) is 0 Å². The molecule has 8 heteroatoms. The molecule has 0 aliphatic rings. The van der Waals surface area contributed by atoms with Gasteiger partial charge < -0.3 is 5.32 Å². The summed E-state index contributed by atoms with van der Waals surface area (Å²) in [6.07, 6.45) is 1.05. The lowest BCUT2D eigenvalue weighted by atomic mass is 10.2. The van der Waals surface area contributed by atoms with Crippen molar-refractivity contribution in [3.63, 3.8) is 0 Å². The van der Waals surface area contributed by atoms with Crippen molar-refractivity contribution < 1.29 is 4.92 Å². The fourth-order valence-electron chi connectivity index (χ4n) is 1.49. The Bertz CT molecular complexity index is 628. The highest BCUT2D eigenvalue weighted by molar-refractivity contribution is 6.33. The van der Waals surface area contributed by atoms with Gasteiger partial charge >= 0.3 is 5.69 Å². The SMILES string of the molecule is Cc1cccc(Cl)c1Nc1nc(Cl)ncc1[N+](=O)[O-]. The number of hydrogen-bond donors (Lipinski definition) is 1. The number of halogens is 2. The topological polar surface area (TPSA) is 81.0 Å². The predicted molar refractivity (Wildman–Crippen MR) is 73.2 cm³/mol. The summed E-state index contributed by atoms with van der Waals surface area (Å²) in [5, 5.41) is 14.1. The molecule has 0 aliphatic heterocycles. The summed E-state index contributed by atoms with van der Waals surface area (Å²) in [5.41, 5.74) is 1.10. The molecule has 2 aromatic rings. The van der Waals surface area contributed by atoms with Crippen molar-refractivity contribution >= 4 is 40.4 Å². The Morgan fingerprint density at radius 1 is 1.37 bits per heavy atom. The third-order valence-electron chi connectivity index (χ3n) is 2.40. The number of para-hydroxylation sites is 1. The van der Waals surface area contributed by atoms with Gasteiger partial charge in [0.05, 0.1) is 15.6 Å². The molecule has 0 spiro atoms. The zero-order valence-corrected chi connectivity index (χ0v) is 11.2. The van der Waals surface area contributed by atoms with Crippen LogP contribution in [0.3, 0.4) is 0 Å². The minimum absolute atomic E-state index is 0.00111. The van der Waals surface area contributed by atoms with Crippen LogP contribution in [0.1, 0.15) is 5.56 Å². The molecule has 1 aromatic heterocycles. The Labute approximate surface area is 118 Å². The molecule has 1 aromatic carbocycles. The van der Waals surface area contributed by atoms with Crippen molar-refractivity contribution in [3.05, 3.63) is 50.4 Å². The van der Waals surface area contributed by atoms with Gasteiger partial charge in [-0.15, -0.1) is 0 Å².